The molecule has 7 aromatic carbocycles. The van der Waals surface area contributed by atoms with E-state index in [-0.39, 0.29) is 23.1 Å². The van der Waals surface area contributed by atoms with Gasteiger partial charge in [-0.1, -0.05) is 113 Å². The minimum atomic E-state index is -0.351. The summed E-state index contributed by atoms with van der Waals surface area (Å²) >= 11 is 0. The molecule has 0 radical (unpaired) electrons. The normalized spacial score (nSPS) is 19.3. The smallest absolute Gasteiger partial charge is 0.252 e. The first-order chi connectivity index (χ1) is 30.0. The summed E-state index contributed by atoms with van der Waals surface area (Å²) in [6, 6.07) is 57.8. The lowest BCUT2D eigenvalue weighted by Gasteiger charge is -2.51. The van der Waals surface area contributed by atoms with Crippen LogP contribution in [0.4, 0.5) is 45.5 Å². The average molecular weight is 804 g/mol. The number of nitrogens with one attached hydrogen (secondary N) is 1. The van der Waals surface area contributed by atoms with Crippen molar-refractivity contribution in [2.24, 2.45) is 0 Å². The zero-order chi connectivity index (χ0) is 42.1. The molecule has 6 heteroatoms. The Labute approximate surface area is 365 Å². The molecule has 8 aromatic rings. The lowest BCUT2D eigenvalue weighted by atomic mass is 9.33. The number of hydrogen-bond donors (Lipinski definition) is 1. The maximum atomic E-state index is 4.32. The van der Waals surface area contributed by atoms with E-state index in [2.05, 4.69) is 218 Å². The molecule has 0 fully saturated rings. The maximum Gasteiger partial charge on any atom is 0.252 e. The summed E-state index contributed by atoms with van der Waals surface area (Å²) in [5.41, 5.74) is 22.4. The van der Waals surface area contributed by atoms with Gasteiger partial charge >= 0.3 is 0 Å². The summed E-state index contributed by atoms with van der Waals surface area (Å²) in [7, 11) is 0. The van der Waals surface area contributed by atoms with Crippen LogP contribution in [-0.2, 0) is 22.8 Å². The van der Waals surface area contributed by atoms with Crippen molar-refractivity contribution in [1.82, 2.24) is 10.2 Å². The minimum Gasteiger partial charge on any atom is -0.330 e. The fourth-order valence-electron chi connectivity index (χ4n) is 11.8. The molecule has 4 heterocycles. The minimum absolute atomic E-state index is 0.0397. The highest BCUT2D eigenvalue weighted by atomic mass is 15.3. The van der Waals surface area contributed by atoms with E-state index in [0.29, 0.717) is 0 Å². The molecule has 0 amide bonds. The molecule has 3 aliphatic heterocycles. The zero-order valence-electron chi connectivity index (χ0n) is 36.4. The van der Waals surface area contributed by atoms with Crippen LogP contribution < -0.4 is 31.1 Å². The zero-order valence-corrected chi connectivity index (χ0v) is 36.4. The van der Waals surface area contributed by atoms with Crippen molar-refractivity contribution in [1.29, 1.82) is 0 Å². The number of rotatable bonds is 4. The molecule has 0 saturated heterocycles. The Bertz CT molecular complexity index is 3080. The molecular formula is C56H50BN5. The van der Waals surface area contributed by atoms with E-state index in [4.69, 9.17) is 0 Å². The molecule has 2 unspecified atom stereocenters. The highest BCUT2D eigenvalue weighted by Gasteiger charge is 2.60. The quantitative estimate of drug-likeness (QED) is 0.180. The van der Waals surface area contributed by atoms with Crippen LogP contribution in [0.15, 0.2) is 164 Å². The highest BCUT2D eigenvalue weighted by molar-refractivity contribution is 7.00. The standard InChI is InChI=1S/C56H50BN5/c1-36-30-51-53-52(31-36)61(42-23-21-40(22-24-42)54(2,3)4)50-33-43(25-26-47(50)57(53)46-18-12-13-19-49(46)60(51)41-15-8-7-9-16-41)62-48-27-20-38(39-34-58-59-35-39)32-45(48)55(5)29-28-37-14-10-11-17-44(37)56(55,62)6/h7-27,30-35H,28-29H2,1-6H3,(H,58,59). The van der Waals surface area contributed by atoms with Crippen LogP contribution in [0, 0.1) is 6.92 Å². The van der Waals surface area contributed by atoms with Gasteiger partial charge in [0.1, 0.15) is 0 Å². The summed E-state index contributed by atoms with van der Waals surface area (Å²) in [6.45, 7) is 14.2. The Balaban J connectivity index is 1.13. The van der Waals surface area contributed by atoms with Gasteiger partial charge in [-0.2, -0.15) is 5.10 Å². The predicted molar refractivity (Wildman–Crippen MR) is 260 cm³/mol. The van der Waals surface area contributed by atoms with Crippen molar-refractivity contribution in [3.8, 4) is 11.1 Å². The number of H-pyrrole nitrogens is 1. The van der Waals surface area contributed by atoms with Gasteiger partial charge in [-0.3, -0.25) is 5.10 Å². The van der Waals surface area contributed by atoms with Crippen LogP contribution in [0.1, 0.15) is 68.9 Å². The van der Waals surface area contributed by atoms with Crippen LogP contribution in [0.25, 0.3) is 11.1 Å². The average Bonchev–Trinajstić information content (AvgIpc) is 3.90. The number of aromatic amines is 1. The molecule has 5 nitrogen and oxygen atoms in total. The maximum absolute atomic E-state index is 4.32. The number of aromatic nitrogens is 2. The topological polar surface area (TPSA) is 38.4 Å². The molecule has 2 atom stereocenters. The van der Waals surface area contributed by atoms with Crippen LogP contribution in [0.3, 0.4) is 0 Å². The molecule has 302 valence electrons. The highest BCUT2D eigenvalue weighted by Crippen LogP contribution is 2.64. The monoisotopic (exact) mass is 803 g/mol. The lowest BCUT2D eigenvalue weighted by molar-refractivity contribution is 0.245. The van der Waals surface area contributed by atoms with Crippen LogP contribution >= 0.6 is 0 Å². The first kappa shape index (κ1) is 37.0. The molecule has 12 rings (SSSR count). The largest absolute Gasteiger partial charge is 0.330 e. The number of benzene rings is 7. The van der Waals surface area contributed by atoms with Crippen molar-refractivity contribution in [2.45, 2.75) is 70.8 Å². The van der Waals surface area contributed by atoms with E-state index in [1.165, 1.54) is 95.3 Å². The molecule has 1 N–H and O–H groups in total. The summed E-state index contributed by atoms with van der Waals surface area (Å²) in [6.07, 6.45) is 6.05. The number of nitrogens with zero attached hydrogens (tertiary/aromatic N) is 4. The van der Waals surface area contributed by atoms with Gasteiger partial charge in [-0.05, 0) is 149 Å². The lowest BCUT2D eigenvalue weighted by Crippen LogP contribution is -2.61. The number of hydrogen-bond acceptors (Lipinski definition) is 4. The number of anilines is 8. The first-order valence-corrected chi connectivity index (χ1v) is 22.2. The number of fused-ring (bicyclic) bond motifs is 9. The molecule has 0 spiro atoms. The fraction of sp³-hybridized carbons (Fsp3) is 0.196. The van der Waals surface area contributed by atoms with Crippen LogP contribution in [-0.4, -0.2) is 16.9 Å². The number of para-hydroxylation sites is 2. The fourth-order valence-corrected chi connectivity index (χ4v) is 11.8. The summed E-state index contributed by atoms with van der Waals surface area (Å²) < 4.78 is 0. The molecular weight excluding hydrogens is 753 g/mol. The van der Waals surface area contributed by atoms with Gasteiger partial charge < -0.3 is 14.7 Å². The molecule has 0 saturated carbocycles. The SMILES string of the molecule is Cc1cc2c3c(c1)N(c1ccc(C(C)(C)C)cc1)c1cc(N4c5ccc(-c6cn[nH]c6)cc5C5(C)CCc6ccccc6C45C)ccc1B3c1ccccc1N2c1ccccc1. The predicted octanol–water partition coefficient (Wildman–Crippen LogP) is 12.0. The van der Waals surface area contributed by atoms with Gasteiger partial charge in [-0.25, -0.2) is 0 Å². The van der Waals surface area contributed by atoms with Crippen molar-refractivity contribution in [3.05, 3.63) is 192 Å². The van der Waals surface area contributed by atoms with Crippen LogP contribution in [0.2, 0.25) is 0 Å². The van der Waals surface area contributed by atoms with E-state index >= 15 is 0 Å². The summed E-state index contributed by atoms with van der Waals surface area (Å²) in [5.74, 6) is 0. The first-order valence-electron chi connectivity index (χ1n) is 22.2. The Morgan fingerprint density at radius 1 is 0.597 bits per heavy atom. The van der Waals surface area contributed by atoms with Crippen molar-refractivity contribution in [3.63, 3.8) is 0 Å². The molecule has 1 aliphatic carbocycles. The summed E-state index contributed by atoms with van der Waals surface area (Å²) in [5, 5.41) is 7.37. The third-order valence-electron chi connectivity index (χ3n) is 15.0. The molecule has 1 aromatic heterocycles. The van der Waals surface area contributed by atoms with E-state index < -0.39 is 0 Å². The van der Waals surface area contributed by atoms with Crippen molar-refractivity contribution in [2.75, 3.05) is 14.7 Å². The molecule has 0 bridgehead atoms. The van der Waals surface area contributed by atoms with Crippen LogP contribution in [0.5, 0.6) is 0 Å². The van der Waals surface area contributed by atoms with Crippen molar-refractivity contribution >= 4 is 68.6 Å². The van der Waals surface area contributed by atoms with Gasteiger partial charge in [0.2, 0.25) is 0 Å². The van der Waals surface area contributed by atoms with E-state index in [1.54, 1.807) is 0 Å². The molecule has 4 aliphatic rings. The third-order valence-corrected chi connectivity index (χ3v) is 15.0. The number of aryl methyl sites for hydroxylation is 2. The van der Waals surface area contributed by atoms with Gasteiger partial charge in [-0.15, -0.1) is 0 Å². The van der Waals surface area contributed by atoms with Gasteiger partial charge in [0.25, 0.3) is 6.71 Å². The van der Waals surface area contributed by atoms with E-state index in [0.717, 1.165) is 18.4 Å². The second-order valence-corrected chi connectivity index (χ2v) is 19.4. The second kappa shape index (κ2) is 13.1. The van der Waals surface area contributed by atoms with Gasteiger partial charge in [0.05, 0.1) is 11.7 Å². The Hall–Kier alpha value is -6.79. The van der Waals surface area contributed by atoms with E-state index in [1.807, 2.05) is 12.4 Å². The second-order valence-electron chi connectivity index (χ2n) is 19.4. The Morgan fingerprint density at radius 2 is 1.27 bits per heavy atom. The van der Waals surface area contributed by atoms with E-state index in [9.17, 15) is 0 Å². The molecule has 62 heavy (non-hydrogen) atoms. The van der Waals surface area contributed by atoms with Crippen molar-refractivity contribution < 1.29 is 0 Å². The van der Waals surface area contributed by atoms with Gasteiger partial charge in [0, 0.05) is 62.7 Å². The Morgan fingerprint density at radius 3 is 2.03 bits per heavy atom. The third kappa shape index (κ3) is 5.07. The Kier molecular flexibility index (Phi) is 7.83. The van der Waals surface area contributed by atoms with Gasteiger partial charge in [0.15, 0.2) is 0 Å². The summed E-state index contributed by atoms with van der Waals surface area (Å²) in [4.78, 5) is 7.75.